The molecule has 2 heterocycles. The molecule has 27 heavy (non-hydrogen) atoms. The Kier molecular flexibility index (Phi) is 5.30. The fourth-order valence-electron chi connectivity index (χ4n) is 2.40. The van der Waals surface area contributed by atoms with Gasteiger partial charge in [0, 0.05) is 16.8 Å². The van der Waals surface area contributed by atoms with Gasteiger partial charge >= 0.3 is 6.18 Å². The monoisotopic (exact) mass is 411 g/mol. The van der Waals surface area contributed by atoms with Crippen molar-refractivity contribution < 1.29 is 18.0 Å². The maximum atomic E-state index is 12.7. The van der Waals surface area contributed by atoms with Crippen LogP contribution in [-0.4, -0.2) is 20.7 Å². The lowest BCUT2D eigenvalue weighted by Crippen LogP contribution is -2.15. The van der Waals surface area contributed by atoms with Crippen LogP contribution in [0.15, 0.2) is 52.5 Å². The van der Waals surface area contributed by atoms with Gasteiger partial charge in [0.2, 0.25) is 0 Å². The molecule has 0 spiro atoms. The number of carbonyl (C=O) groups is 1. The highest BCUT2D eigenvalue weighted by molar-refractivity contribution is 7.99. The van der Waals surface area contributed by atoms with Crippen LogP contribution in [0.1, 0.15) is 27.3 Å². The van der Waals surface area contributed by atoms with E-state index in [4.69, 9.17) is 11.6 Å². The molecule has 3 aromatic rings. The molecule has 0 aliphatic rings. The Morgan fingerprint density at radius 2 is 1.78 bits per heavy atom. The van der Waals surface area contributed by atoms with Crippen LogP contribution in [0.4, 0.5) is 13.2 Å². The molecule has 2 aromatic heterocycles. The number of carbonyl (C=O) groups excluding carboxylic acids is 1. The van der Waals surface area contributed by atoms with Crippen LogP contribution in [0.2, 0.25) is 5.02 Å². The van der Waals surface area contributed by atoms with E-state index in [0.29, 0.717) is 31.9 Å². The number of nitrogens with zero attached hydrogens (tertiary/aromatic N) is 3. The molecule has 0 N–H and O–H groups in total. The lowest BCUT2D eigenvalue weighted by Gasteiger charge is -2.07. The number of rotatable bonds is 3. The minimum Gasteiger partial charge on any atom is -0.267 e. The fourth-order valence-corrected chi connectivity index (χ4v) is 3.40. The number of hydrogen-bond donors (Lipinski definition) is 0. The Bertz CT molecular complexity index is 983. The van der Waals surface area contributed by atoms with Crippen LogP contribution < -0.4 is 0 Å². The standard InChI is InChI=1S/C18H13ClF3N3OS/c1-10-16(27-15-8-5-13(9-23-15)18(20,21)22)11(2)25(24-10)17(26)12-3-6-14(19)7-4-12/h3-9H,1-2H3. The van der Waals surface area contributed by atoms with Crippen LogP contribution in [0.5, 0.6) is 0 Å². The van der Waals surface area contributed by atoms with Gasteiger partial charge in [-0.3, -0.25) is 4.79 Å². The SMILES string of the molecule is Cc1nn(C(=O)c2ccc(Cl)cc2)c(C)c1Sc1ccc(C(F)(F)F)cn1. The van der Waals surface area contributed by atoms with E-state index in [-0.39, 0.29) is 5.91 Å². The Hall–Kier alpha value is -2.32. The van der Waals surface area contributed by atoms with E-state index in [2.05, 4.69) is 10.1 Å². The third-order valence-corrected chi connectivity index (χ3v) is 5.28. The van der Waals surface area contributed by atoms with Crippen molar-refractivity contribution in [2.45, 2.75) is 29.9 Å². The van der Waals surface area contributed by atoms with Gasteiger partial charge in [-0.2, -0.15) is 23.0 Å². The molecule has 0 saturated carbocycles. The van der Waals surface area contributed by atoms with Crippen molar-refractivity contribution in [1.82, 2.24) is 14.8 Å². The highest BCUT2D eigenvalue weighted by Gasteiger charge is 2.30. The lowest BCUT2D eigenvalue weighted by atomic mass is 10.2. The first-order valence-electron chi connectivity index (χ1n) is 7.74. The van der Waals surface area contributed by atoms with Gasteiger partial charge in [0.25, 0.3) is 5.91 Å². The molecule has 0 aliphatic carbocycles. The summed E-state index contributed by atoms with van der Waals surface area (Å²) >= 11 is 7.00. The van der Waals surface area contributed by atoms with Crippen LogP contribution in [0.3, 0.4) is 0 Å². The zero-order valence-electron chi connectivity index (χ0n) is 14.2. The average Bonchev–Trinajstić information content (AvgIpc) is 2.90. The minimum atomic E-state index is -4.43. The molecule has 0 aliphatic heterocycles. The Morgan fingerprint density at radius 3 is 2.33 bits per heavy atom. The predicted molar refractivity (Wildman–Crippen MR) is 96.2 cm³/mol. The summed E-state index contributed by atoms with van der Waals surface area (Å²) < 4.78 is 39.2. The molecular formula is C18H13ClF3N3OS. The molecule has 0 fully saturated rings. The zero-order valence-corrected chi connectivity index (χ0v) is 15.8. The van der Waals surface area contributed by atoms with E-state index in [1.807, 2.05) is 0 Å². The molecule has 0 bridgehead atoms. The quantitative estimate of drug-likeness (QED) is 0.578. The second kappa shape index (κ2) is 7.36. The van der Waals surface area contributed by atoms with Crippen molar-refractivity contribution in [1.29, 1.82) is 0 Å². The van der Waals surface area contributed by atoms with Crippen molar-refractivity contribution in [2.24, 2.45) is 0 Å². The lowest BCUT2D eigenvalue weighted by molar-refractivity contribution is -0.137. The largest absolute Gasteiger partial charge is 0.417 e. The van der Waals surface area contributed by atoms with Gasteiger partial charge < -0.3 is 0 Å². The second-order valence-electron chi connectivity index (χ2n) is 5.71. The van der Waals surface area contributed by atoms with E-state index in [9.17, 15) is 18.0 Å². The summed E-state index contributed by atoms with van der Waals surface area (Å²) in [6, 6.07) is 8.70. The minimum absolute atomic E-state index is 0.320. The molecule has 9 heteroatoms. The number of pyridine rings is 1. The highest BCUT2D eigenvalue weighted by Crippen LogP contribution is 2.34. The first kappa shape index (κ1) is 19.4. The summed E-state index contributed by atoms with van der Waals surface area (Å²) in [6.45, 7) is 3.45. The van der Waals surface area contributed by atoms with E-state index in [0.717, 1.165) is 24.0 Å². The smallest absolute Gasteiger partial charge is 0.267 e. The van der Waals surface area contributed by atoms with Crippen LogP contribution in [-0.2, 0) is 6.18 Å². The number of aryl methyl sites for hydroxylation is 1. The normalized spacial score (nSPS) is 11.6. The summed E-state index contributed by atoms with van der Waals surface area (Å²) in [7, 11) is 0. The molecule has 140 valence electrons. The molecule has 0 unspecified atom stereocenters. The number of aromatic nitrogens is 3. The van der Waals surface area contributed by atoms with Crippen molar-refractivity contribution in [3.05, 3.63) is 70.1 Å². The summed E-state index contributed by atoms with van der Waals surface area (Å²) in [5.74, 6) is -0.320. The van der Waals surface area contributed by atoms with Gasteiger partial charge in [0.05, 0.1) is 21.8 Å². The first-order valence-corrected chi connectivity index (χ1v) is 8.94. The van der Waals surface area contributed by atoms with Crippen molar-refractivity contribution >= 4 is 29.3 Å². The first-order chi connectivity index (χ1) is 12.7. The molecule has 4 nitrogen and oxygen atoms in total. The number of hydrogen-bond acceptors (Lipinski definition) is 4. The molecule has 0 atom stereocenters. The number of benzene rings is 1. The van der Waals surface area contributed by atoms with Gasteiger partial charge in [-0.1, -0.05) is 23.4 Å². The summed E-state index contributed by atoms with van der Waals surface area (Å²) in [4.78, 5) is 17.2. The molecule has 0 amide bonds. The maximum absolute atomic E-state index is 12.7. The Morgan fingerprint density at radius 1 is 1.11 bits per heavy atom. The molecule has 0 saturated heterocycles. The van der Waals surface area contributed by atoms with Gasteiger partial charge in [-0.15, -0.1) is 0 Å². The van der Waals surface area contributed by atoms with E-state index < -0.39 is 11.7 Å². The van der Waals surface area contributed by atoms with Gasteiger partial charge in [-0.25, -0.2) is 4.98 Å². The van der Waals surface area contributed by atoms with Gasteiger partial charge in [0.15, 0.2) is 0 Å². The van der Waals surface area contributed by atoms with Gasteiger partial charge in [0.1, 0.15) is 5.03 Å². The summed E-state index contributed by atoms with van der Waals surface area (Å²) in [6.07, 6.45) is -3.64. The fraction of sp³-hybridized carbons (Fsp3) is 0.167. The van der Waals surface area contributed by atoms with Crippen molar-refractivity contribution in [3.63, 3.8) is 0 Å². The third kappa shape index (κ3) is 4.17. The van der Waals surface area contributed by atoms with E-state index in [1.54, 1.807) is 38.1 Å². The summed E-state index contributed by atoms with van der Waals surface area (Å²) in [5.41, 5.74) is 0.781. The predicted octanol–water partition coefficient (Wildman–Crippen LogP) is 5.41. The summed E-state index contributed by atoms with van der Waals surface area (Å²) in [5, 5.41) is 5.17. The molecule has 1 aromatic carbocycles. The Balaban J connectivity index is 1.87. The maximum Gasteiger partial charge on any atom is 0.417 e. The van der Waals surface area contributed by atoms with Crippen LogP contribution in [0.25, 0.3) is 0 Å². The third-order valence-electron chi connectivity index (χ3n) is 3.78. The van der Waals surface area contributed by atoms with Crippen molar-refractivity contribution in [2.75, 3.05) is 0 Å². The van der Waals surface area contributed by atoms with Crippen LogP contribution >= 0.6 is 23.4 Å². The van der Waals surface area contributed by atoms with E-state index in [1.165, 1.54) is 10.7 Å². The van der Waals surface area contributed by atoms with Gasteiger partial charge in [-0.05, 0) is 50.2 Å². The zero-order chi connectivity index (χ0) is 19.8. The van der Waals surface area contributed by atoms with Crippen LogP contribution in [0, 0.1) is 13.8 Å². The highest BCUT2D eigenvalue weighted by atomic mass is 35.5. The average molecular weight is 412 g/mol. The second-order valence-corrected chi connectivity index (χ2v) is 7.18. The molecule has 0 radical (unpaired) electrons. The van der Waals surface area contributed by atoms with E-state index >= 15 is 0 Å². The molecular weight excluding hydrogens is 399 g/mol. The number of halogens is 4. The van der Waals surface area contributed by atoms with Crippen molar-refractivity contribution in [3.8, 4) is 0 Å². The Labute approximate surface area is 162 Å². The number of alkyl halides is 3. The molecule has 3 rings (SSSR count). The topological polar surface area (TPSA) is 47.8 Å².